The Balaban J connectivity index is 1.97. The molecular weight excluding hydrogens is 220 g/mol. The molecule has 2 rings (SSSR count). The molecule has 16 heavy (non-hydrogen) atoms. The van der Waals surface area contributed by atoms with E-state index in [0.717, 1.165) is 22.8 Å². The second-order valence-corrected chi connectivity index (χ2v) is 4.75. The fourth-order valence-electron chi connectivity index (χ4n) is 1.51. The molecule has 0 amide bonds. The zero-order chi connectivity index (χ0) is 11.4. The van der Waals surface area contributed by atoms with Crippen molar-refractivity contribution in [3.05, 3.63) is 30.6 Å². The number of carbonyl (C=O) groups is 1. The van der Waals surface area contributed by atoms with Gasteiger partial charge in [-0.15, -0.1) is 0 Å². The van der Waals surface area contributed by atoms with Crippen molar-refractivity contribution in [3.63, 3.8) is 0 Å². The summed E-state index contributed by atoms with van der Waals surface area (Å²) in [6.07, 6.45) is 5.46. The number of hydrogen-bond acceptors (Lipinski definition) is 3. The Morgan fingerprint density at radius 2 is 2.38 bits per heavy atom. The van der Waals surface area contributed by atoms with Gasteiger partial charge in [-0.25, -0.2) is 4.98 Å². The highest BCUT2D eigenvalue weighted by molar-refractivity contribution is 7.99. The van der Waals surface area contributed by atoms with Gasteiger partial charge in [-0.1, -0.05) is 17.8 Å². The summed E-state index contributed by atoms with van der Waals surface area (Å²) in [4.78, 5) is 15.1. The Morgan fingerprint density at radius 1 is 1.50 bits per heavy atom. The predicted molar refractivity (Wildman–Crippen MR) is 65.8 cm³/mol. The Kier molecular flexibility index (Phi) is 3.62. The van der Waals surface area contributed by atoms with E-state index in [2.05, 4.69) is 9.38 Å². The molecule has 0 aliphatic heterocycles. The summed E-state index contributed by atoms with van der Waals surface area (Å²) in [6, 6.07) is 6.03. The molecule has 0 saturated heterocycles. The quantitative estimate of drug-likeness (QED) is 0.589. The van der Waals surface area contributed by atoms with Crippen LogP contribution in [-0.2, 0) is 4.79 Å². The van der Waals surface area contributed by atoms with Crippen molar-refractivity contribution in [3.8, 4) is 0 Å². The van der Waals surface area contributed by atoms with Crippen molar-refractivity contribution in [1.82, 2.24) is 9.38 Å². The number of carbonyl (C=O) groups excluding carboxylic acids is 1. The van der Waals surface area contributed by atoms with E-state index in [1.807, 2.05) is 30.6 Å². The van der Waals surface area contributed by atoms with Gasteiger partial charge in [0.2, 0.25) is 0 Å². The van der Waals surface area contributed by atoms with Gasteiger partial charge >= 0.3 is 0 Å². The maximum atomic E-state index is 10.8. The summed E-state index contributed by atoms with van der Waals surface area (Å²) in [6.45, 7) is 1.63. The molecule has 0 bridgehead atoms. The number of fused-ring (bicyclic) bond motifs is 1. The lowest BCUT2D eigenvalue weighted by atomic mass is 10.3. The van der Waals surface area contributed by atoms with Gasteiger partial charge in [0.25, 0.3) is 0 Å². The predicted octanol–water partition coefficient (Wildman–Crippen LogP) is 2.80. The number of thioether (sulfide) groups is 1. The Hall–Kier alpha value is -1.29. The second-order valence-electron chi connectivity index (χ2n) is 3.69. The minimum atomic E-state index is 0.258. The average Bonchev–Trinajstić information content (AvgIpc) is 2.68. The van der Waals surface area contributed by atoms with Crippen molar-refractivity contribution < 1.29 is 4.79 Å². The van der Waals surface area contributed by atoms with E-state index < -0.39 is 0 Å². The molecule has 2 heterocycles. The molecule has 2 aromatic heterocycles. The van der Waals surface area contributed by atoms with Crippen molar-refractivity contribution in [2.24, 2.45) is 0 Å². The summed E-state index contributed by atoms with van der Waals surface area (Å²) in [7, 11) is 0. The molecule has 0 aliphatic rings. The number of nitrogens with zero attached hydrogens (tertiary/aromatic N) is 2. The first kappa shape index (κ1) is 11.2. The van der Waals surface area contributed by atoms with Crippen molar-refractivity contribution in [2.75, 3.05) is 5.75 Å². The van der Waals surface area contributed by atoms with Gasteiger partial charge in [0, 0.05) is 18.4 Å². The van der Waals surface area contributed by atoms with E-state index in [1.165, 1.54) is 0 Å². The summed E-state index contributed by atoms with van der Waals surface area (Å²) >= 11 is 1.70. The Bertz CT molecular complexity index is 492. The van der Waals surface area contributed by atoms with E-state index in [9.17, 15) is 4.79 Å². The largest absolute Gasteiger partial charge is 0.300 e. The molecule has 0 aliphatic carbocycles. The Morgan fingerprint density at radius 3 is 3.19 bits per heavy atom. The number of Topliss-reactive ketones (excluding diaryl/α,β-unsaturated/α-hetero) is 1. The number of rotatable bonds is 5. The number of ketones is 1. The highest BCUT2D eigenvalue weighted by Crippen LogP contribution is 2.19. The van der Waals surface area contributed by atoms with Crippen LogP contribution in [0.2, 0.25) is 0 Å². The summed E-state index contributed by atoms with van der Waals surface area (Å²) in [5.74, 6) is 1.20. The first-order chi connectivity index (χ1) is 7.77. The van der Waals surface area contributed by atoms with Crippen LogP contribution in [0.15, 0.2) is 35.7 Å². The van der Waals surface area contributed by atoms with Gasteiger partial charge in [-0.2, -0.15) is 0 Å². The van der Waals surface area contributed by atoms with Crippen LogP contribution in [0.5, 0.6) is 0 Å². The molecule has 84 valence electrons. The lowest BCUT2D eigenvalue weighted by molar-refractivity contribution is -0.117. The third kappa shape index (κ3) is 2.64. The minimum Gasteiger partial charge on any atom is -0.300 e. The third-order valence-corrected chi connectivity index (χ3v) is 3.36. The first-order valence-corrected chi connectivity index (χ1v) is 6.30. The smallest absolute Gasteiger partial charge is 0.172 e. The lowest BCUT2D eigenvalue weighted by Gasteiger charge is -2.00. The van der Waals surface area contributed by atoms with Gasteiger partial charge in [-0.3, -0.25) is 4.40 Å². The van der Waals surface area contributed by atoms with E-state index in [-0.39, 0.29) is 5.78 Å². The summed E-state index contributed by atoms with van der Waals surface area (Å²) in [5, 5.41) is 0.999. The van der Waals surface area contributed by atoms with Gasteiger partial charge in [0.1, 0.15) is 5.78 Å². The minimum absolute atomic E-state index is 0.258. The van der Waals surface area contributed by atoms with Crippen molar-refractivity contribution in [2.45, 2.75) is 24.9 Å². The third-order valence-electron chi connectivity index (χ3n) is 2.31. The second kappa shape index (κ2) is 5.16. The molecule has 0 aromatic carbocycles. The van der Waals surface area contributed by atoms with Crippen LogP contribution in [0.4, 0.5) is 0 Å². The van der Waals surface area contributed by atoms with Crippen LogP contribution in [0.25, 0.3) is 5.52 Å². The van der Waals surface area contributed by atoms with Crippen molar-refractivity contribution in [1.29, 1.82) is 0 Å². The SMILES string of the molecule is CC(=O)CCCSc1ncc2ccccn12. The average molecular weight is 234 g/mol. The summed E-state index contributed by atoms with van der Waals surface area (Å²) in [5.41, 5.74) is 1.11. The molecule has 0 spiro atoms. The molecule has 4 heteroatoms. The number of hydrogen-bond donors (Lipinski definition) is 0. The zero-order valence-electron chi connectivity index (χ0n) is 9.22. The number of imidazole rings is 1. The maximum Gasteiger partial charge on any atom is 0.172 e. The monoisotopic (exact) mass is 234 g/mol. The van der Waals surface area contributed by atoms with Crippen LogP contribution < -0.4 is 0 Å². The van der Waals surface area contributed by atoms with Crippen LogP contribution in [0.1, 0.15) is 19.8 Å². The molecule has 0 N–H and O–H groups in total. The molecule has 0 radical (unpaired) electrons. The zero-order valence-corrected chi connectivity index (χ0v) is 10.0. The van der Waals surface area contributed by atoms with Gasteiger partial charge < -0.3 is 4.79 Å². The fraction of sp³-hybridized carbons (Fsp3) is 0.333. The van der Waals surface area contributed by atoms with E-state index >= 15 is 0 Å². The molecule has 3 nitrogen and oxygen atoms in total. The van der Waals surface area contributed by atoms with E-state index in [4.69, 9.17) is 0 Å². The van der Waals surface area contributed by atoms with Crippen molar-refractivity contribution >= 4 is 23.1 Å². The van der Waals surface area contributed by atoms with Crippen LogP contribution in [-0.4, -0.2) is 20.9 Å². The molecule has 0 saturated carbocycles. The molecule has 0 atom stereocenters. The van der Waals surface area contributed by atoms with E-state index in [1.54, 1.807) is 18.7 Å². The highest BCUT2D eigenvalue weighted by Gasteiger charge is 2.03. The van der Waals surface area contributed by atoms with Gasteiger partial charge in [0.15, 0.2) is 5.16 Å². The molecule has 2 aromatic rings. The lowest BCUT2D eigenvalue weighted by Crippen LogP contribution is -1.92. The normalized spacial score (nSPS) is 10.8. The molecular formula is C12H14N2OS. The van der Waals surface area contributed by atoms with E-state index in [0.29, 0.717) is 6.42 Å². The standard InChI is InChI=1S/C12H14N2OS/c1-10(15)5-4-8-16-12-13-9-11-6-2-3-7-14(11)12/h2-3,6-7,9H,4-5,8H2,1H3. The fourth-order valence-corrected chi connectivity index (χ4v) is 2.41. The van der Waals surface area contributed by atoms with Gasteiger partial charge in [-0.05, 0) is 25.5 Å². The summed E-state index contributed by atoms with van der Waals surface area (Å²) < 4.78 is 2.07. The van der Waals surface area contributed by atoms with Crippen LogP contribution >= 0.6 is 11.8 Å². The van der Waals surface area contributed by atoms with Crippen LogP contribution in [0.3, 0.4) is 0 Å². The topological polar surface area (TPSA) is 34.4 Å². The highest BCUT2D eigenvalue weighted by atomic mass is 32.2. The number of aromatic nitrogens is 2. The first-order valence-electron chi connectivity index (χ1n) is 5.32. The number of pyridine rings is 1. The molecule has 0 fully saturated rings. The van der Waals surface area contributed by atoms with Gasteiger partial charge in [0.05, 0.1) is 11.7 Å². The Labute approximate surface area is 98.9 Å². The van der Waals surface area contributed by atoms with Crippen LogP contribution in [0, 0.1) is 0 Å². The maximum absolute atomic E-state index is 10.8. The molecule has 0 unspecified atom stereocenters.